The summed E-state index contributed by atoms with van der Waals surface area (Å²) in [5, 5.41) is 0. The molecule has 1 atom stereocenters. The third kappa shape index (κ3) is 2.78. The van der Waals surface area contributed by atoms with Crippen LogP contribution in [-0.2, 0) is 9.59 Å². The van der Waals surface area contributed by atoms with E-state index in [1.165, 1.54) is 4.90 Å². The van der Waals surface area contributed by atoms with Gasteiger partial charge in [0.15, 0.2) is 0 Å². The normalized spacial score (nSPS) is 19.1. The summed E-state index contributed by atoms with van der Waals surface area (Å²) in [5.74, 6) is -0.678. The number of carbonyl (C=O) groups is 3. The van der Waals surface area contributed by atoms with Crippen LogP contribution < -0.4 is 0 Å². The zero-order valence-corrected chi connectivity index (χ0v) is 10.7. The third-order valence-electron chi connectivity index (χ3n) is 3.18. The van der Waals surface area contributed by atoms with E-state index in [1.807, 2.05) is 6.92 Å². The number of aldehydes is 1. The Morgan fingerprint density at radius 2 is 2.16 bits per heavy atom. The molecule has 6 heteroatoms. The zero-order chi connectivity index (χ0) is 13.8. The lowest BCUT2D eigenvalue weighted by Gasteiger charge is -2.38. The lowest BCUT2D eigenvalue weighted by Crippen LogP contribution is -2.55. The maximum absolute atomic E-state index is 12.2. The van der Waals surface area contributed by atoms with Crippen molar-refractivity contribution in [1.29, 1.82) is 0 Å². The SMILES string of the molecule is C[C@@H]1CN(C(=O)c2ccccn2)CCN1C(=O)C=O. The number of pyridine rings is 1. The lowest BCUT2D eigenvalue weighted by molar-refractivity contribution is -0.141. The van der Waals surface area contributed by atoms with E-state index in [-0.39, 0.29) is 11.9 Å². The number of hydrogen-bond donors (Lipinski definition) is 0. The summed E-state index contributed by atoms with van der Waals surface area (Å²) < 4.78 is 0. The van der Waals surface area contributed by atoms with Crippen LogP contribution in [0.3, 0.4) is 0 Å². The molecule has 0 radical (unpaired) electrons. The van der Waals surface area contributed by atoms with E-state index in [9.17, 15) is 14.4 Å². The minimum Gasteiger partial charge on any atom is -0.333 e. The number of hydrogen-bond acceptors (Lipinski definition) is 4. The van der Waals surface area contributed by atoms with Crippen LogP contribution in [-0.4, -0.2) is 58.6 Å². The molecule has 2 heterocycles. The maximum atomic E-state index is 12.2. The van der Waals surface area contributed by atoms with Crippen LogP contribution in [0.25, 0.3) is 0 Å². The van der Waals surface area contributed by atoms with Crippen molar-refractivity contribution in [2.75, 3.05) is 19.6 Å². The summed E-state index contributed by atoms with van der Waals surface area (Å²) in [6.07, 6.45) is 1.88. The largest absolute Gasteiger partial charge is 0.333 e. The van der Waals surface area contributed by atoms with Gasteiger partial charge in [-0.25, -0.2) is 0 Å². The monoisotopic (exact) mass is 261 g/mol. The van der Waals surface area contributed by atoms with Crippen LogP contribution in [0.5, 0.6) is 0 Å². The Hall–Kier alpha value is -2.24. The number of carbonyl (C=O) groups excluding carboxylic acids is 3. The highest BCUT2D eigenvalue weighted by atomic mass is 16.2. The molecule has 1 aromatic rings. The molecular formula is C13H15N3O3. The lowest BCUT2D eigenvalue weighted by atomic mass is 10.1. The Morgan fingerprint density at radius 3 is 2.74 bits per heavy atom. The Morgan fingerprint density at radius 1 is 1.37 bits per heavy atom. The van der Waals surface area contributed by atoms with Gasteiger partial charge in [-0.2, -0.15) is 0 Å². The predicted octanol–water partition coefficient (Wildman–Crippen LogP) is -0.0466. The molecule has 0 aromatic carbocycles. The van der Waals surface area contributed by atoms with E-state index in [0.29, 0.717) is 31.6 Å². The average Bonchev–Trinajstić information content (AvgIpc) is 2.46. The third-order valence-corrected chi connectivity index (χ3v) is 3.18. The Bertz CT molecular complexity index is 489. The number of piperazine rings is 1. The van der Waals surface area contributed by atoms with Gasteiger partial charge in [-0.3, -0.25) is 19.4 Å². The van der Waals surface area contributed by atoms with E-state index >= 15 is 0 Å². The molecule has 1 fully saturated rings. The Kier molecular flexibility index (Phi) is 3.89. The first-order valence-electron chi connectivity index (χ1n) is 6.09. The van der Waals surface area contributed by atoms with Crippen molar-refractivity contribution in [2.24, 2.45) is 0 Å². The molecule has 1 aromatic heterocycles. The van der Waals surface area contributed by atoms with Gasteiger partial charge < -0.3 is 9.80 Å². The van der Waals surface area contributed by atoms with Crippen LogP contribution in [0.2, 0.25) is 0 Å². The van der Waals surface area contributed by atoms with E-state index in [4.69, 9.17) is 0 Å². The number of nitrogens with zero attached hydrogens (tertiary/aromatic N) is 3. The minimum absolute atomic E-state index is 0.148. The number of amides is 2. The van der Waals surface area contributed by atoms with Gasteiger partial charge in [0.05, 0.1) is 0 Å². The van der Waals surface area contributed by atoms with Crippen LogP contribution in [0.15, 0.2) is 24.4 Å². The molecule has 100 valence electrons. The predicted molar refractivity (Wildman–Crippen MR) is 67.4 cm³/mol. The fourth-order valence-corrected chi connectivity index (χ4v) is 2.19. The summed E-state index contributed by atoms with van der Waals surface area (Å²) >= 11 is 0. The summed E-state index contributed by atoms with van der Waals surface area (Å²) in [4.78, 5) is 41.2. The summed E-state index contributed by atoms with van der Waals surface area (Å²) in [6.45, 7) is 3.02. The molecule has 2 rings (SSSR count). The smallest absolute Gasteiger partial charge is 0.287 e. The van der Waals surface area contributed by atoms with Gasteiger partial charge in [0.2, 0.25) is 6.29 Å². The summed E-state index contributed by atoms with van der Waals surface area (Å²) in [6, 6.07) is 5.01. The molecule has 0 unspecified atom stereocenters. The van der Waals surface area contributed by atoms with Gasteiger partial charge in [0.1, 0.15) is 5.69 Å². The number of rotatable bonds is 2. The highest BCUT2D eigenvalue weighted by Gasteiger charge is 2.30. The molecule has 0 saturated carbocycles. The highest BCUT2D eigenvalue weighted by molar-refractivity contribution is 6.23. The fourth-order valence-electron chi connectivity index (χ4n) is 2.19. The average molecular weight is 261 g/mol. The Balaban J connectivity index is 2.04. The first-order chi connectivity index (χ1) is 9.13. The number of aromatic nitrogens is 1. The minimum atomic E-state index is -0.530. The second-order valence-corrected chi connectivity index (χ2v) is 4.46. The van der Waals surface area contributed by atoms with E-state index < -0.39 is 5.91 Å². The molecule has 6 nitrogen and oxygen atoms in total. The second-order valence-electron chi connectivity index (χ2n) is 4.46. The van der Waals surface area contributed by atoms with Gasteiger partial charge in [0, 0.05) is 31.9 Å². The van der Waals surface area contributed by atoms with Gasteiger partial charge in [-0.1, -0.05) is 6.07 Å². The molecule has 0 N–H and O–H groups in total. The maximum Gasteiger partial charge on any atom is 0.287 e. The second kappa shape index (κ2) is 5.60. The first kappa shape index (κ1) is 13.2. The molecule has 1 aliphatic rings. The summed E-state index contributed by atoms with van der Waals surface area (Å²) in [7, 11) is 0. The van der Waals surface area contributed by atoms with Crippen molar-refractivity contribution in [1.82, 2.24) is 14.8 Å². The van der Waals surface area contributed by atoms with Gasteiger partial charge in [0.25, 0.3) is 11.8 Å². The van der Waals surface area contributed by atoms with Gasteiger partial charge >= 0.3 is 0 Å². The topological polar surface area (TPSA) is 70.6 Å². The van der Waals surface area contributed by atoms with E-state index in [2.05, 4.69) is 4.98 Å². The highest BCUT2D eigenvalue weighted by Crippen LogP contribution is 2.12. The van der Waals surface area contributed by atoms with Gasteiger partial charge in [-0.15, -0.1) is 0 Å². The van der Waals surface area contributed by atoms with Gasteiger partial charge in [-0.05, 0) is 19.1 Å². The molecule has 19 heavy (non-hydrogen) atoms. The molecule has 0 aliphatic carbocycles. The van der Waals surface area contributed by atoms with Crippen LogP contribution in [0.1, 0.15) is 17.4 Å². The Labute approximate surface area is 111 Å². The van der Waals surface area contributed by atoms with Crippen molar-refractivity contribution in [3.8, 4) is 0 Å². The van der Waals surface area contributed by atoms with Crippen molar-refractivity contribution in [3.05, 3.63) is 30.1 Å². The van der Waals surface area contributed by atoms with Crippen molar-refractivity contribution in [3.63, 3.8) is 0 Å². The van der Waals surface area contributed by atoms with Crippen molar-refractivity contribution >= 4 is 18.1 Å². The fraction of sp³-hybridized carbons (Fsp3) is 0.385. The quantitative estimate of drug-likeness (QED) is 0.553. The van der Waals surface area contributed by atoms with Crippen LogP contribution in [0.4, 0.5) is 0 Å². The molecule has 0 bridgehead atoms. The van der Waals surface area contributed by atoms with Crippen molar-refractivity contribution in [2.45, 2.75) is 13.0 Å². The first-order valence-corrected chi connectivity index (χ1v) is 6.09. The molecule has 1 saturated heterocycles. The molecule has 1 aliphatic heterocycles. The molecule has 0 spiro atoms. The van der Waals surface area contributed by atoms with E-state index in [1.54, 1.807) is 29.3 Å². The standard InChI is InChI=1S/C13H15N3O3/c1-10-8-15(6-7-16(10)12(18)9-17)13(19)11-4-2-3-5-14-11/h2-5,9-10H,6-8H2,1H3/t10-/m1/s1. The van der Waals surface area contributed by atoms with Crippen LogP contribution in [0, 0.1) is 0 Å². The van der Waals surface area contributed by atoms with E-state index in [0.717, 1.165) is 0 Å². The van der Waals surface area contributed by atoms with Crippen molar-refractivity contribution < 1.29 is 14.4 Å². The van der Waals surface area contributed by atoms with Crippen LogP contribution >= 0.6 is 0 Å². The summed E-state index contributed by atoms with van der Waals surface area (Å²) in [5.41, 5.74) is 0.393. The molecule has 2 amide bonds. The molecular weight excluding hydrogens is 246 g/mol. The zero-order valence-electron chi connectivity index (χ0n) is 10.7.